The molecule has 0 aromatic carbocycles. The van der Waals surface area contributed by atoms with Crippen LogP contribution in [0.3, 0.4) is 0 Å². The van der Waals surface area contributed by atoms with E-state index < -0.39 is 0 Å². The van der Waals surface area contributed by atoms with Gasteiger partial charge in [0.2, 0.25) is 5.91 Å². The molecule has 8 nitrogen and oxygen atoms in total. The molecule has 122 valence electrons. The molecule has 0 radical (unpaired) electrons. The second kappa shape index (κ2) is 5.86. The number of hydrogen-bond donors (Lipinski definition) is 1. The highest BCUT2D eigenvalue weighted by atomic mass is 16.2. The van der Waals surface area contributed by atoms with Crippen LogP contribution in [-0.4, -0.2) is 43.4 Å². The number of aromatic nitrogens is 4. The van der Waals surface area contributed by atoms with Crippen LogP contribution in [0.1, 0.15) is 31.5 Å². The maximum atomic E-state index is 12.0. The minimum absolute atomic E-state index is 0.0407. The van der Waals surface area contributed by atoms with Gasteiger partial charge < -0.3 is 5.73 Å². The van der Waals surface area contributed by atoms with E-state index in [1.165, 1.54) is 4.90 Å². The summed E-state index contributed by atoms with van der Waals surface area (Å²) in [5, 5.41) is 8.85. The lowest BCUT2D eigenvalue weighted by atomic mass is 10.1. The van der Waals surface area contributed by atoms with Gasteiger partial charge in [0.15, 0.2) is 5.96 Å². The first-order chi connectivity index (χ1) is 11.0. The molecule has 1 aliphatic rings. The number of carbonyl (C=O) groups excluding carboxylic acids is 1. The van der Waals surface area contributed by atoms with Crippen molar-refractivity contribution in [3.63, 3.8) is 0 Å². The van der Waals surface area contributed by atoms with Gasteiger partial charge in [0.25, 0.3) is 0 Å². The summed E-state index contributed by atoms with van der Waals surface area (Å²) in [5.74, 6) is 0.200. The number of rotatable bonds is 4. The molecular weight excluding hydrogens is 294 g/mol. The number of hydrogen-bond acceptors (Lipinski definition) is 5. The van der Waals surface area contributed by atoms with Crippen molar-refractivity contribution in [1.29, 1.82) is 0 Å². The van der Waals surface area contributed by atoms with Crippen LogP contribution >= 0.6 is 0 Å². The average molecular weight is 315 g/mol. The zero-order chi connectivity index (χ0) is 16.6. The molecule has 8 heteroatoms. The number of carbonyl (C=O) groups is 1. The van der Waals surface area contributed by atoms with Crippen LogP contribution in [0.4, 0.5) is 0 Å². The van der Waals surface area contributed by atoms with Crippen LogP contribution in [0.2, 0.25) is 0 Å². The Bertz CT molecular complexity index is 758. The first kappa shape index (κ1) is 15.3. The van der Waals surface area contributed by atoms with Gasteiger partial charge >= 0.3 is 0 Å². The number of nitrogens with two attached hydrogens (primary N) is 1. The van der Waals surface area contributed by atoms with Crippen LogP contribution in [0, 0.1) is 0 Å². The molecule has 1 unspecified atom stereocenters. The summed E-state index contributed by atoms with van der Waals surface area (Å²) in [6, 6.07) is 1.66. The number of amides is 1. The van der Waals surface area contributed by atoms with E-state index in [0.717, 1.165) is 29.9 Å². The van der Waals surface area contributed by atoms with Crippen LogP contribution in [-0.2, 0) is 18.4 Å². The standard InChI is InChI=1S/C15H21N7O/c1-4-5-22-9-10(8-17-22)11-6-13(21(3)19-11)12-7-14(23)20(2)15(16)18-12/h6,8-9,12H,4-5,7H2,1-3H3,(H2,16,18). The molecule has 1 atom stereocenters. The van der Waals surface area contributed by atoms with Crippen molar-refractivity contribution in [2.24, 2.45) is 17.8 Å². The highest BCUT2D eigenvalue weighted by molar-refractivity contribution is 5.98. The Morgan fingerprint density at radius 1 is 1.39 bits per heavy atom. The molecule has 2 N–H and O–H groups in total. The Morgan fingerprint density at radius 3 is 2.87 bits per heavy atom. The SMILES string of the molecule is CCCn1cc(-c2cc(C3CC(=O)N(C)C(N)=N3)n(C)n2)cn1. The molecule has 1 aliphatic heterocycles. The summed E-state index contributed by atoms with van der Waals surface area (Å²) in [4.78, 5) is 17.8. The predicted octanol–water partition coefficient (Wildman–Crippen LogP) is 0.911. The van der Waals surface area contributed by atoms with Crippen molar-refractivity contribution in [3.05, 3.63) is 24.2 Å². The van der Waals surface area contributed by atoms with E-state index in [-0.39, 0.29) is 17.9 Å². The molecule has 0 aliphatic carbocycles. The van der Waals surface area contributed by atoms with Crippen LogP contribution in [0.25, 0.3) is 11.3 Å². The van der Waals surface area contributed by atoms with Gasteiger partial charge in [-0.2, -0.15) is 10.2 Å². The fraction of sp³-hybridized carbons (Fsp3) is 0.467. The number of aryl methyl sites for hydroxylation is 2. The van der Waals surface area contributed by atoms with Crippen LogP contribution < -0.4 is 5.73 Å². The molecule has 23 heavy (non-hydrogen) atoms. The fourth-order valence-corrected chi connectivity index (χ4v) is 2.67. The maximum Gasteiger partial charge on any atom is 0.231 e. The van der Waals surface area contributed by atoms with Crippen molar-refractivity contribution < 1.29 is 4.79 Å². The maximum absolute atomic E-state index is 12.0. The quantitative estimate of drug-likeness (QED) is 0.907. The third kappa shape index (κ3) is 2.84. The smallest absolute Gasteiger partial charge is 0.231 e. The molecule has 3 heterocycles. The summed E-state index contributed by atoms with van der Waals surface area (Å²) < 4.78 is 3.66. The molecule has 1 amide bonds. The number of nitrogens with zero attached hydrogens (tertiary/aromatic N) is 6. The minimum atomic E-state index is -0.296. The largest absolute Gasteiger partial charge is 0.369 e. The van der Waals surface area contributed by atoms with Gasteiger partial charge in [-0.1, -0.05) is 6.92 Å². The molecule has 0 bridgehead atoms. The molecule has 2 aromatic rings. The summed E-state index contributed by atoms with van der Waals surface area (Å²) in [6.07, 6.45) is 5.11. The third-order valence-electron chi connectivity index (χ3n) is 4.01. The van der Waals surface area contributed by atoms with E-state index in [2.05, 4.69) is 22.1 Å². The molecule has 0 spiro atoms. The van der Waals surface area contributed by atoms with Gasteiger partial charge in [-0.05, 0) is 12.5 Å². The average Bonchev–Trinajstić information content (AvgIpc) is 3.11. The van der Waals surface area contributed by atoms with Crippen molar-refractivity contribution in [2.75, 3.05) is 7.05 Å². The fourth-order valence-electron chi connectivity index (χ4n) is 2.67. The molecule has 3 rings (SSSR count). The Hall–Kier alpha value is -2.64. The lowest BCUT2D eigenvalue weighted by molar-refractivity contribution is -0.127. The van der Waals surface area contributed by atoms with Gasteiger partial charge in [-0.25, -0.2) is 4.99 Å². The highest BCUT2D eigenvalue weighted by Gasteiger charge is 2.28. The van der Waals surface area contributed by atoms with Crippen LogP contribution in [0.5, 0.6) is 0 Å². The zero-order valence-electron chi connectivity index (χ0n) is 13.6. The first-order valence-electron chi connectivity index (χ1n) is 7.66. The Morgan fingerprint density at radius 2 is 2.17 bits per heavy atom. The van der Waals surface area contributed by atoms with E-state index in [1.54, 1.807) is 17.9 Å². The predicted molar refractivity (Wildman–Crippen MR) is 86.5 cm³/mol. The summed E-state index contributed by atoms with van der Waals surface area (Å²) in [6.45, 7) is 2.99. The van der Waals surface area contributed by atoms with Crippen molar-refractivity contribution in [3.8, 4) is 11.3 Å². The second-order valence-electron chi connectivity index (χ2n) is 5.73. The summed E-state index contributed by atoms with van der Waals surface area (Å²) in [7, 11) is 3.48. The van der Waals surface area contributed by atoms with E-state index in [0.29, 0.717) is 6.42 Å². The van der Waals surface area contributed by atoms with Gasteiger partial charge in [-0.3, -0.25) is 19.1 Å². The first-order valence-corrected chi connectivity index (χ1v) is 7.66. The monoisotopic (exact) mass is 315 g/mol. The summed E-state index contributed by atoms with van der Waals surface area (Å²) >= 11 is 0. The summed E-state index contributed by atoms with van der Waals surface area (Å²) in [5.41, 5.74) is 8.46. The molecule has 0 saturated carbocycles. The van der Waals surface area contributed by atoms with Gasteiger partial charge in [-0.15, -0.1) is 0 Å². The molecular formula is C15H21N7O. The number of guanidine groups is 1. The topological polar surface area (TPSA) is 94.3 Å². The van der Waals surface area contributed by atoms with E-state index in [9.17, 15) is 4.79 Å². The molecule has 2 aromatic heterocycles. The number of aliphatic imine (C=N–C) groups is 1. The van der Waals surface area contributed by atoms with Crippen molar-refractivity contribution in [2.45, 2.75) is 32.4 Å². The normalized spacial score (nSPS) is 18.4. The zero-order valence-corrected chi connectivity index (χ0v) is 13.6. The van der Waals surface area contributed by atoms with E-state index in [1.807, 2.05) is 24.0 Å². The Labute approximate surface area is 134 Å². The van der Waals surface area contributed by atoms with E-state index in [4.69, 9.17) is 5.73 Å². The second-order valence-corrected chi connectivity index (χ2v) is 5.73. The molecule has 0 saturated heterocycles. The minimum Gasteiger partial charge on any atom is -0.369 e. The molecule has 0 fully saturated rings. The van der Waals surface area contributed by atoms with Crippen molar-refractivity contribution in [1.82, 2.24) is 24.5 Å². The van der Waals surface area contributed by atoms with Gasteiger partial charge in [0, 0.05) is 32.4 Å². The van der Waals surface area contributed by atoms with Crippen LogP contribution in [0.15, 0.2) is 23.5 Å². The Balaban J connectivity index is 1.90. The Kier molecular flexibility index (Phi) is 3.89. The highest BCUT2D eigenvalue weighted by Crippen LogP contribution is 2.28. The third-order valence-corrected chi connectivity index (χ3v) is 4.01. The van der Waals surface area contributed by atoms with Gasteiger partial charge in [0.1, 0.15) is 6.04 Å². The van der Waals surface area contributed by atoms with E-state index >= 15 is 0 Å². The van der Waals surface area contributed by atoms with Gasteiger partial charge in [0.05, 0.1) is 24.0 Å². The lowest BCUT2D eigenvalue weighted by Gasteiger charge is -2.25. The van der Waals surface area contributed by atoms with Crippen molar-refractivity contribution >= 4 is 11.9 Å². The lowest BCUT2D eigenvalue weighted by Crippen LogP contribution is -2.43.